The van der Waals surface area contributed by atoms with Crippen LogP contribution in [0.15, 0.2) is 18.5 Å². The van der Waals surface area contributed by atoms with Gasteiger partial charge in [0.1, 0.15) is 0 Å². The molecule has 19 heavy (non-hydrogen) atoms. The Morgan fingerprint density at radius 3 is 2.74 bits per heavy atom. The molecule has 3 nitrogen and oxygen atoms in total. The van der Waals surface area contributed by atoms with Crippen molar-refractivity contribution in [3.05, 3.63) is 29.6 Å². The van der Waals surface area contributed by atoms with E-state index in [-0.39, 0.29) is 5.91 Å². The minimum absolute atomic E-state index is 0.274. The van der Waals surface area contributed by atoms with Crippen LogP contribution in [0.2, 0.25) is 0 Å². The van der Waals surface area contributed by atoms with Crippen LogP contribution in [0.5, 0.6) is 0 Å². The highest BCUT2D eigenvalue weighted by molar-refractivity contribution is 5.82. The van der Waals surface area contributed by atoms with E-state index < -0.39 is 0 Å². The monoisotopic (exact) mass is 258 g/mol. The molecule has 2 aliphatic carbocycles. The van der Waals surface area contributed by atoms with E-state index in [1.54, 1.807) is 6.20 Å². The number of aromatic nitrogens is 1. The van der Waals surface area contributed by atoms with Crippen molar-refractivity contribution >= 4 is 5.91 Å². The largest absolute Gasteiger partial charge is 0.352 e. The smallest absolute Gasteiger partial charge is 0.223 e. The van der Waals surface area contributed by atoms with Crippen molar-refractivity contribution in [2.45, 2.75) is 45.6 Å². The summed E-state index contributed by atoms with van der Waals surface area (Å²) in [6, 6.07) is 2.01. The number of pyridine rings is 1. The summed E-state index contributed by atoms with van der Waals surface area (Å²) in [5.41, 5.74) is 2.44. The molecule has 2 aliphatic rings. The summed E-state index contributed by atoms with van der Waals surface area (Å²) in [6.07, 6.45) is 9.82. The first-order valence-electron chi connectivity index (χ1n) is 7.50. The number of carbonyl (C=O) groups is 1. The Morgan fingerprint density at radius 1 is 1.32 bits per heavy atom. The van der Waals surface area contributed by atoms with Gasteiger partial charge in [0.25, 0.3) is 0 Å². The Labute approximate surface area is 114 Å². The van der Waals surface area contributed by atoms with Crippen LogP contribution >= 0.6 is 0 Å². The van der Waals surface area contributed by atoms with Gasteiger partial charge in [-0.05, 0) is 48.3 Å². The highest BCUT2D eigenvalue weighted by atomic mass is 16.2. The molecular formula is C16H22N2O. The van der Waals surface area contributed by atoms with Crippen LogP contribution in [0.3, 0.4) is 0 Å². The Morgan fingerprint density at radius 2 is 2.05 bits per heavy atom. The number of rotatable bonds is 4. The molecule has 0 saturated heterocycles. The zero-order valence-corrected chi connectivity index (χ0v) is 11.6. The van der Waals surface area contributed by atoms with Crippen molar-refractivity contribution in [2.24, 2.45) is 17.8 Å². The molecule has 1 N–H and O–H groups in total. The molecule has 1 aromatic rings. The molecule has 0 aliphatic heterocycles. The summed E-state index contributed by atoms with van der Waals surface area (Å²) in [4.78, 5) is 16.4. The number of carbonyl (C=O) groups excluding carboxylic acids is 1. The maximum absolute atomic E-state index is 12.2. The molecule has 1 amide bonds. The van der Waals surface area contributed by atoms with E-state index in [1.807, 2.05) is 12.3 Å². The number of nitrogens with zero attached hydrogens (tertiary/aromatic N) is 1. The van der Waals surface area contributed by atoms with Gasteiger partial charge in [0.15, 0.2) is 0 Å². The number of fused-ring (bicyclic) bond motifs is 1. The molecule has 1 heterocycles. The van der Waals surface area contributed by atoms with E-state index in [4.69, 9.17) is 0 Å². The zero-order valence-electron chi connectivity index (χ0n) is 11.6. The van der Waals surface area contributed by atoms with Crippen molar-refractivity contribution in [3.8, 4) is 0 Å². The fourth-order valence-electron chi connectivity index (χ4n) is 3.63. The Hall–Kier alpha value is -1.38. The molecule has 3 rings (SSSR count). The van der Waals surface area contributed by atoms with Crippen LogP contribution in [0.4, 0.5) is 0 Å². The van der Waals surface area contributed by atoms with E-state index >= 15 is 0 Å². The summed E-state index contributed by atoms with van der Waals surface area (Å²) >= 11 is 0. The van der Waals surface area contributed by atoms with Gasteiger partial charge >= 0.3 is 0 Å². The van der Waals surface area contributed by atoms with E-state index in [0.717, 1.165) is 6.42 Å². The Bertz CT molecular complexity index is 460. The van der Waals surface area contributed by atoms with Gasteiger partial charge in [0, 0.05) is 24.9 Å². The lowest BCUT2D eigenvalue weighted by Crippen LogP contribution is -2.26. The predicted octanol–water partition coefficient (Wildman–Crippen LogP) is 2.70. The lowest BCUT2D eigenvalue weighted by molar-refractivity contribution is -0.123. The summed E-state index contributed by atoms with van der Waals surface area (Å²) < 4.78 is 0. The second-order valence-corrected chi connectivity index (χ2v) is 5.85. The highest BCUT2D eigenvalue weighted by Gasteiger charge is 2.54. The second-order valence-electron chi connectivity index (χ2n) is 5.85. The first-order chi connectivity index (χ1) is 9.31. The van der Waals surface area contributed by atoms with Crippen molar-refractivity contribution in [1.29, 1.82) is 0 Å². The Kier molecular flexibility index (Phi) is 3.54. The van der Waals surface area contributed by atoms with Crippen LogP contribution in [-0.4, -0.2) is 10.9 Å². The fraction of sp³-hybridized carbons (Fsp3) is 0.625. The van der Waals surface area contributed by atoms with Gasteiger partial charge in [0.05, 0.1) is 0 Å². The topological polar surface area (TPSA) is 42.0 Å². The summed E-state index contributed by atoms with van der Waals surface area (Å²) in [6.45, 7) is 2.78. The lowest BCUT2D eigenvalue weighted by Gasteiger charge is -2.08. The molecule has 0 bridgehead atoms. The van der Waals surface area contributed by atoms with Crippen LogP contribution in [-0.2, 0) is 17.8 Å². The molecule has 2 fully saturated rings. The maximum atomic E-state index is 12.2. The van der Waals surface area contributed by atoms with Crippen LogP contribution in [0, 0.1) is 17.8 Å². The molecule has 102 valence electrons. The third-order valence-corrected chi connectivity index (χ3v) is 4.80. The minimum atomic E-state index is 0.274. The van der Waals surface area contributed by atoms with Gasteiger partial charge in [-0.1, -0.05) is 19.8 Å². The van der Waals surface area contributed by atoms with Gasteiger partial charge in [0.2, 0.25) is 5.91 Å². The summed E-state index contributed by atoms with van der Waals surface area (Å²) in [5.74, 6) is 1.97. The molecule has 0 aromatic carbocycles. The number of hydrogen-bond acceptors (Lipinski definition) is 2. The average Bonchev–Trinajstić information content (AvgIpc) is 3.19. The van der Waals surface area contributed by atoms with E-state index in [2.05, 4.69) is 17.2 Å². The van der Waals surface area contributed by atoms with Crippen molar-refractivity contribution in [1.82, 2.24) is 10.3 Å². The number of aryl methyl sites for hydroxylation is 1. The normalized spacial score (nSPS) is 28.6. The average molecular weight is 258 g/mol. The molecule has 2 atom stereocenters. The third-order valence-electron chi connectivity index (χ3n) is 4.80. The summed E-state index contributed by atoms with van der Waals surface area (Å²) in [5, 5.41) is 3.13. The SMILES string of the molecule is CCc1cnccc1CNC(=O)C1[C@@H]2CCCC[C@@H]12. The van der Waals surface area contributed by atoms with Crippen molar-refractivity contribution < 1.29 is 4.79 Å². The first kappa shape index (κ1) is 12.6. The van der Waals surface area contributed by atoms with Crippen molar-refractivity contribution in [3.63, 3.8) is 0 Å². The van der Waals surface area contributed by atoms with Gasteiger partial charge in [-0.2, -0.15) is 0 Å². The summed E-state index contributed by atoms with van der Waals surface area (Å²) in [7, 11) is 0. The molecule has 0 unspecified atom stereocenters. The first-order valence-corrected chi connectivity index (χ1v) is 7.50. The minimum Gasteiger partial charge on any atom is -0.352 e. The van der Waals surface area contributed by atoms with E-state index in [1.165, 1.54) is 36.8 Å². The maximum Gasteiger partial charge on any atom is 0.223 e. The number of nitrogens with one attached hydrogen (secondary N) is 1. The van der Waals surface area contributed by atoms with Gasteiger partial charge in [-0.3, -0.25) is 9.78 Å². The zero-order chi connectivity index (χ0) is 13.2. The lowest BCUT2D eigenvalue weighted by atomic mass is 10.0. The van der Waals surface area contributed by atoms with Crippen LogP contribution in [0.1, 0.15) is 43.7 Å². The number of hydrogen-bond donors (Lipinski definition) is 1. The van der Waals surface area contributed by atoms with E-state index in [0.29, 0.717) is 24.3 Å². The Balaban J connectivity index is 1.56. The predicted molar refractivity (Wildman–Crippen MR) is 74.4 cm³/mol. The van der Waals surface area contributed by atoms with Crippen molar-refractivity contribution in [2.75, 3.05) is 0 Å². The second kappa shape index (κ2) is 5.32. The third kappa shape index (κ3) is 2.51. The molecule has 0 radical (unpaired) electrons. The molecule has 0 spiro atoms. The highest BCUT2D eigenvalue weighted by Crippen LogP contribution is 2.55. The van der Waals surface area contributed by atoms with Crippen LogP contribution in [0.25, 0.3) is 0 Å². The van der Waals surface area contributed by atoms with Gasteiger partial charge in [-0.15, -0.1) is 0 Å². The number of amides is 1. The quantitative estimate of drug-likeness (QED) is 0.902. The van der Waals surface area contributed by atoms with E-state index in [9.17, 15) is 4.79 Å². The standard InChI is InChI=1S/C16H22N2O/c1-2-11-9-17-8-7-12(11)10-18-16(19)15-13-5-3-4-6-14(13)15/h7-9,13-15H,2-6,10H2,1H3,(H,18,19)/t13-,14-/m1/s1. The van der Waals surface area contributed by atoms with Gasteiger partial charge < -0.3 is 5.32 Å². The molecular weight excluding hydrogens is 236 g/mol. The molecule has 3 heteroatoms. The van der Waals surface area contributed by atoms with Gasteiger partial charge in [-0.25, -0.2) is 0 Å². The molecule has 1 aromatic heterocycles. The fourth-order valence-corrected chi connectivity index (χ4v) is 3.63. The molecule has 2 saturated carbocycles. The van der Waals surface area contributed by atoms with Crippen LogP contribution < -0.4 is 5.32 Å².